The molecule has 6 nitrogen and oxygen atoms in total. The summed E-state index contributed by atoms with van der Waals surface area (Å²) in [5.41, 5.74) is 5.17. The van der Waals surface area contributed by atoms with Gasteiger partial charge in [-0.2, -0.15) is 5.10 Å². The molecule has 0 atom stereocenters. The zero-order chi connectivity index (χ0) is 21.3. The van der Waals surface area contributed by atoms with Crippen LogP contribution in [-0.2, 0) is 10.5 Å². The molecule has 156 valence electrons. The molecule has 3 aromatic rings. The molecule has 10 heteroatoms. The second-order valence-electron chi connectivity index (χ2n) is 6.02. The van der Waals surface area contributed by atoms with Crippen LogP contribution in [-0.4, -0.2) is 22.5 Å². The van der Waals surface area contributed by atoms with Gasteiger partial charge in [0.05, 0.1) is 11.5 Å². The lowest BCUT2D eigenvalue weighted by atomic mass is 10.1. The first kappa shape index (κ1) is 22.6. The van der Waals surface area contributed by atoms with Gasteiger partial charge in [0.25, 0.3) is 5.91 Å². The maximum atomic E-state index is 12.1. The van der Waals surface area contributed by atoms with Crippen molar-refractivity contribution in [2.75, 3.05) is 5.75 Å². The quantitative estimate of drug-likeness (QED) is 0.285. The number of aromatic nitrogens is 2. The van der Waals surface area contributed by atoms with Crippen molar-refractivity contribution in [2.24, 2.45) is 5.10 Å². The Hall–Kier alpha value is -2.07. The van der Waals surface area contributed by atoms with Gasteiger partial charge in [0.15, 0.2) is 0 Å². The van der Waals surface area contributed by atoms with Gasteiger partial charge in [-0.05, 0) is 46.7 Å². The summed E-state index contributed by atoms with van der Waals surface area (Å²) >= 11 is 10.6. The SMILES string of the molecule is CC/C(=N\NC(=O)CSc1n[nH+]c(SCc2ccccc2Cl)s1)c1ccc([O-])cc1. The zero-order valence-corrected chi connectivity index (χ0v) is 19.3. The van der Waals surface area contributed by atoms with Crippen molar-refractivity contribution in [2.45, 2.75) is 27.8 Å². The highest BCUT2D eigenvalue weighted by molar-refractivity contribution is 8.03. The first-order valence-electron chi connectivity index (χ1n) is 9.05. The molecule has 0 aliphatic rings. The van der Waals surface area contributed by atoms with Crippen LogP contribution in [0.3, 0.4) is 0 Å². The average molecular weight is 479 g/mol. The molecule has 0 aliphatic carbocycles. The number of H-pyrrole nitrogens is 1. The van der Waals surface area contributed by atoms with Gasteiger partial charge in [0.2, 0.25) is 4.34 Å². The summed E-state index contributed by atoms with van der Waals surface area (Å²) in [4.78, 5) is 12.1. The number of rotatable bonds is 9. The molecule has 2 N–H and O–H groups in total. The highest BCUT2D eigenvalue weighted by atomic mass is 35.5. The van der Waals surface area contributed by atoms with Gasteiger partial charge in [-0.1, -0.05) is 77.8 Å². The Morgan fingerprint density at radius 3 is 2.73 bits per heavy atom. The molecule has 0 spiro atoms. The molecule has 0 saturated heterocycles. The summed E-state index contributed by atoms with van der Waals surface area (Å²) < 4.78 is 1.73. The second kappa shape index (κ2) is 11.4. The number of hydrazone groups is 1. The minimum absolute atomic E-state index is 0.0562. The standard InChI is InChI=1S/C20H19ClN4O2S3/c1-2-17(13-7-9-15(26)10-8-13)22-23-18(27)12-29-20-25-24-19(30-20)28-11-14-5-3-4-6-16(14)21/h3-10,26H,2,11-12H2,1H3,(H,23,27)/b22-17+. The third-order valence-electron chi connectivity index (χ3n) is 3.90. The predicted octanol–water partition coefficient (Wildman–Crippen LogP) is 4.00. The molecule has 1 amide bonds. The van der Waals surface area contributed by atoms with E-state index in [9.17, 15) is 9.90 Å². The maximum Gasteiger partial charge on any atom is 0.323 e. The van der Waals surface area contributed by atoms with Gasteiger partial charge in [0, 0.05) is 15.9 Å². The molecule has 3 rings (SSSR count). The number of carbonyl (C=O) groups is 1. The smallest absolute Gasteiger partial charge is 0.323 e. The second-order valence-corrected chi connectivity index (χ2v) is 9.89. The molecule has 0 radical (unpaired) electrons. The Labute approximate surface area is 192 Å². The fourth-order valence-corrected chi connectivity index (χ4v) is 5.55. The van der Waals surface area contributed by atoms with Gasteiger partial charge < -0.3 is 5.11 Å². The number of carbonyl (C=O) groups excluding carboxylic acids is 1. The maximum absolute atomic E-state index is 12.1. The highest BCUT2D eigenvalue weighted by Crippen LogP contribution is 2.30. The van der Waals surface area contributed by atoms with E-state index in [2.05, 4.69) is 20.7 Å². The van der Waals surface area contributed by atoms with E-state index < -0.39 is 0 Å². The summed E-state index contributed by atoms with van der Waals surface area (Å²) in [5.74, 6) is 0.673. The number of thioether (sulfide) groups is 2. The Kier molecular flexibility index (Phi) is 8.56. The Balaban J connectivity index is 1.47. The molecular formula is C20H19ClN4O2S3. The van der Waals surface area contributed by atoms with Crippen LogP contribution in [0, 0.1) is 0 Å². The molecule has 0 bridgehead atoms. The Bertz CT molecular complexity index is 1020. The van der Waals surface area contributed by atoms with Crippen molar-refractivity contribution >= 4 is 58.1 Å². The third-order valence-corrected chi connectivity index (χ3v) is 7.57. The number of nitrogens with one attached hydrogen (secondary N) is 2. The summed E-state index contributed by atoms with van der Waals surface area (Å²) in [7, 11) is 0. The summed E-state index contributed by atoms with van der Waals surface area (Å²) in [6.07, 6.45) is 0.638. The largest absolute Gasteiger partial charge is 0.872 e. The number of halogens is 1. The van der Waals surface area contributed by atoms with Gasteiger partial charge in [-0.3, -0.25) is 4.79 Å². The van der Waals surface area contributed by atoms with Crippen molar-refractivity contribution in [1.29, 1.82) is 0 Å². The van der Waals surface area contributed by atoms with E-state index in [0.717, 1.165) is 30.6 Å². The topological polar surface area (TPSA) is 91.6 Å². The summed E-state index contributed by atoms with van der Waals surface area (Å²) in [5, 5.41) is 23.4. The molecule has 30 heavy (non-hydrogen) atoms. The van der Waals surface area contributed by atoms with Crippen LogP contribution < -0.4 is 15.6 Å². The van der Waals surface area contributed by atoms with E-state index in [4.69, 9.17) is 11.6 Å². The van der Waals surface area contributed by atoms with Crippen LogP contribution in [0.2, 0.25) is 5.02 Å². The minimum Gasteiger partial charge on any atom is -0.872 e. The van der Waals surface area contributed by atoms with Gasteiger partial charge >= 0.3 is 4.34 Å². The van der Waals surface area contributed by atoms with Gasteiger partial charge in [-0.25, -0.2) is 5.43 Å². The summed E-state index contributed by atoms with van der Waals surface area (Å²) in [6.45, 7) is 1.94. The van der Waals surface area contributed by atoms with Crippen LogP contribution in [0.25, 0.3) is 0 Å². The van der Waals surface area contributed by atoms with Crippen molar-refractivity contribution in [3.63, 3.8) is 0 Å². The minimum atomic E-state index is -0.216. The molecule has 0 saturated carbocycles. The molecule has 2 aromatic carbocycles. The fraction of sp³-hybridized carbons (Fsp3) is 0.200. The number of benzene rings is 2. The van der Waals surface area contributed by atoms with E-state index in [1.807, 2.05) is 31.2 Å². The molecule has 0 fully saturated rings. The van der Waals surface area contributed by atoms with E-state index in [0.29, 0.717) is 12.1 Å². The highest BCUT2D eigenvalue weighted by Gasteiger charge is 2.14. The Morgan fingerprint density at radius 2 is 2.00 bits per heavy atom. The van der Waals surface area contributed by atoms with Crippen molar-refractivity contribution in [3.8, 4) is 5.75 Å². The molecule has 1 aromatic heterocycles. The average Bonchev–Trinajstić information content (AvgIpc) is 3.21. The van der Waals surface area contributed by atoms with Gasteiger partial charge in [-0.15, -0.1) is 5.75 Å². The van der Waals surface area contributed by atoms with Crippen LogP contribution >= 0.6 is 46.5 Å². The summed E-state index contributed by atoms with van der Waals surface area (Å²) in [6, 6.07) is 14.1. The lowest BCUT2D eigenvalue weighted by Crippen LogP contribution is -2.21. The molecule has 1 heterocycles. The van der Waals surface area contributed by atoms with E-state index in [1.165, 1.54) is 35.2 Å². The third kappa shape index (κ3) is 6.73. The first-order chi connectivity index (χ1) is 14.5. The lowest BCUT2D eigenvalue weighted by molar-refractivity contribution is -0.492. The fourth-order valence-electron chi connectivity index (χ4n) is 2.38. The van der Waals surface area contributed by atoms with E-state index >= 15 is 0 Å². The van der Waals surface area contributed by atoms with Crippen LogP contribution in [0.5, 0.6) is 5.75 Å². The number of hydrogen-bond donors (Lipinski definition) is 1. The van der Waals surface area contributed by atoms with E-state index in [1.54, 1.807) is 23.9 Å². The monoisotopic (exact) mass is 478 g/mol. The molecule has 0 aliphatic heterocycles. The number of aromatic amines is 1. The normalized spacial score (nSPS) is 11.5. The van der Waals surface area contributed by atoms with Crippen LogP contribution in [0.4, 0.5) is 0 Å². The van der Waals surface area contributed by atoms with E-state index in [-0.39, 0.29) is 17.4 Å². The van der Waals surface area contributed by atoms with Crippen molar-refractivity contribution < 1.29 is 15.0 Å². The van der Waals surface area contributed by atoms with Crippen molar-refractivity contribution in [3.05, 3.63) is 64.7 Å². The first-order valence-corrected chi connectivity index (χ1v) is 12.2. The number of nitrogens with zero attached hydrogens (tertiary/aromatic N) is 2. The number of hydrogen-bond acceptors (Lipinski definition) is 7. The number of amides is 1. The Morgan fingerprint density at radius 1 is 1.23 bits per heavy atom. The zero-order valence-electron chi connectivity index (χ0n) is 16.1. The van der Waals surface area contributed by atoms with Crippen molar-refractivity contribution in [1.82, 2.24) is 10.5 Å². The lowest BCUT2D eigenvalue weighted by Gasteiger charge is -2.08. The molecule has 0 unspecified atom stereocenters. The van der Waals surface area contributed by atoms with Gasteiger partial charge in [0.1, 0.15) is 0 Å². The van der Waals surface area contributed by atoms with Crippen LogP contribution in [0.15, 0.2) is 62.3 Å². The van der Waals surface area contributed by atoms with Crippen LogP contribution in [0.1, 0.15) is 24.5 Å². The predicted molar refractivity (Wildman–Crippen MR) is 121 cm³/mol. The molecular weight excluding hydrogens is 460 g/mol.